The molecule has 1 aliphatic carbocycles. The number of carboxylic acid groups (broad SMARTS) is 1. The summed E-state index contributed by atoms with van der Waals surface area (Å²) in [6.45, 7) is 9.05. The molecule has 1 heterocycles. The van der Waals surface area contributed by atoms with Crippen LogP contribution in [0.2, 0.25) is 0 Å². The third kappa shape index (κ3) is 5.41. The maximum Gasteiger partial charge on any atom is 0.307 e. The molecule has 0 unspecified atom stereocenters. The number of oxazole rings is 1. The van der Waals surface area contributed by atoms with E-state index in [1.165, 1.54) is 11.1 Å². The zero-order valence-corrected chi connectivity index (χ0v) is 20.5. The fraction of sp³-hybridized carbons (Fsp3) is 0.379. The summed E-state index contributed by atoms with van der Waals surface area (Å²) in [5.74, 6) is 1.52. The minimum Gasteiger partial charge on any atom is -0.493 e. The third-order valence-electron chi connectivity index (χ3n) is 6.36. The first kappa shape index (κ1) is 23.8. The fourth-order valence-corrected chi connectivity index (χ4v) is 4.43. The Labute approximate surface area is 201 Å². The highest BCUT2D eigenvalue weighted by atomic mass is 16.5. The second-order valence-corrected chi connectivity index (χ2v) is 9.91. The van der Waals surface area contributed by atoms with Crippen molar-refractivity contribution in [2.24, 2.45) is 0 Å². The molecule has 0 spiro atoms. The number of aliphatic carboxylic acids is 1. The zero-order valence-electron chi connectivity index (χ0n) is 20.5. The molecular formula is C29H33NO4. The SMILES string of the molecule is Cc1oc(-c2ccc(C(C)(C)C)cc2)nc1CCOc1cccc2c1CCC/C2=C/CC(=O)O. The molecule has 0 aliphatic heterocycles. The smallest absolute Gasteiger partial charge is 0.307 e. The van der Waals surface area contributed by atoms with Crippen LogP contribution in [0.3, 0.4) is 0 Å². The number of carbonyl (C=O) groups is 1. The second-order valence-electron chi connectivity index (χ2n) is 9.91. The number of hydrogen-bond acceptors (Lipinski definition) is 4. The van der Waals surface area contributed by atoms with E-state index in [0.717, 1.165) is 53.2 Å². The van der Waals surface area contributed by atoms with Crippen molar-refractivity contribution < 1.29 is 19.1 Å². The Hall–Kier alpha value is -3.34. The van der Waals surface area contributed by atoms with Gasteiger partial charge >= 0.3 is 5.97 Å². The molecule has 1 N–H and O–H groups in total. The molecule has 0 saturated heterocycles. The normalized spacial score (nSPS) is 14.8. The average molecular weight is 460 g/mol. The molecule has 5 heteroatoms. The summed E-state index contributed by atoms with van der Waals surface area (Å²) in [7, 11) is 0. The molecule has 178 valence electrons. The first-order valence-corrected chi connectivity index (χ1v) is 12.0. The van der Waals surface area contributed by atoms with Crippen LogP contribution in [0.4, 0.5) is 0 Å². The van der Waals surface area contributed by atoms with Gasteiger partial charge in [0.25, 0.3) is 0 Å². The number of aromatic nitrogens is 1. The minimum absolute atomic E-state index is 0.0482. The average Bonchev–Trinajstić information content (AvgIpc) is 3.17. The molecule has 5 nitrogen and oxygen atoms in total. The van der Waals surface area contributed by atoms with Gasteiger partial charge in [0.2, 0.25) is 5.89 Å². The molecule has 0 saturated carbocycles. The zero-order chi connectivity index (χ0) is 24.3. The Morgan fingerprint density at radius 2 is 1.91 bits per heavy atom. The number of ether oxygens (including phenoxy) is 1. The van der Waals surface area contributed by atoms with Gasteiger partial charge in [-0.2, -0.15) is 0 Å². The third-order valence-corrected chi connectivity index (χ3v) is 6.36. The lowest BCUT2D eigenvalue weighted by Crippen LogP contribution is -2.10. The lowest BCUT2D eigenvalue weighted by Gasteiger charge is -2.22. The largest absolute Gasteiger partial charge is 0.493 e. The van der Waals surface area contributed by atoms with Crippen LogP contribution in [0.5, 0.6) is 5.75 Å². The number of nitrogens with zero attached hydrogens (tertiary/aromatic N) is 1. The maximum atomic E-state index is 11.0. The van der Waals surface area contributed by atoms with Crippen molar-refractivity contribution in [2.45, 2.75) is 65.2 Å². The van der Waals surface area contributed by atoms with Crippen LogP contribution >= 0.6 is 0 Å². The van der Waals surface area contributed by atoms with E-state index in [0.29, 0.717) is 18.9 Å². The van der Waals surface area contributed by atoms with Crippen molar-refractivity contribution in [2.75, 3.05) is 6.61 Å². The number of hydrogen-bond donors (Lipinski definition) is 1. The molecule has 1 aliphatic rings. The quantitative estimate of drug-likeness (QED) is 0.422. The van der Waals surface area contributed by atoms with Crippen molar-refractivity contribution in [1.82, 2.24) is 4.98 Å². The highest BCUT2D eigenvalue weighted by Gasteiger charge is 2.19. The maximum absolute atomic E-state index is 11.0. The molecule has 0 bridgehead atoms. The standard InChI is InChI=1S/C29H33NO4/c1-19-25(30-28(34-19)21-11-14-22(15-12-21)29(2,3)4)17-18-33-26-10-6-8-23-20(13-16-27(31)32)7-5-9-24(23)26/h6,8,10-15H,5,7,9,16-18H2,1-4H3,(H,31,32)/b20-13-. The molecule has 1 aromatic heterocycles. The van der Waals surface area contributed by atoms with E-state index in [-0.39, 0.29) is 11.8 Å². The van der Waals surface area contributed by atoms with Crippen LogP contribution in [-0.2, 0) is 23.1 Å². The van der Waals surface area contributed by atoms with Gasteiger partial charge in [-0.3, -0.25) is 4.79 Å². The summed E-state index contributed by atoms with van der Waals surface area (Å²) in [4.78, 5) is 15.7. The molecule has 0 amide bonds. The molecule has 2 aromatic carbocycles. The minimum atomic E-state index is -0.806. The van der Waals surface area contributed by atoms with Gasteiger partial charge in [0.05, 0.1) is 18.7 Å². The van der Waals surface area contributed by atoms with E-state index in [9.17, 15) is 4.79 Å². The summed E-state index contributed by atoms with van der Waals surface area (Å²) >= 11 is 0. The number of fused-ring (bicyclic) bond motifs is 1. The lowest BCUT2D eigenvalue weighted by molar-refractivity contribution is -0.136. The van der Waals surface area contributed by atoms with Gasteiger partial charge in [-0.05, 0) is 66.5 Å². The Bertz CT molecular complexity index is 1200. The predicted octanol–water partition coefficient (Wildman–Crippen LogP) is 6.76. The summed E-state index contributed by atoms with van der Waals surface area (Å²) in [5.41, 5.74) is 6.65. The van der Waals surface area contributed by atoms with Crippen molar-refractivity contribution in [3.05, 3.63) is 76.7 Å². The number of rotatable bonds is 7. The Morgan fingerprint density at radius 3 is 2.62 bits per heavy atom. The second kappa shape index (κ2) is 9.88. The van der Waals surface area contributed by atoms with Crippen LogP contribution in [0, 0.1) is 6.92 Å². The fourth-order valence-electron chi connectivity index (χ4n) is 4.43. The Morgan fingerprint density at radius 1 is 1.15 bits per heavy atom. The lowest BCUT2D eigenvalue weighted by atomic mass is 9.86. The van der Waals surface area contributed by atoms with Gasteiger partial charge < -0.3 is 14.3 Å². The van der Waals surface area contributed by atoms with Crippen molar-refractivity contribution in [1.29, 1.82) is 0 Å². The Balaban J connectivity index is 1.44. The van der Waals surface area contributed by atoms with Crippen molar-refractivity contribution in [3.8, 4) is 17.2 Å². The Kier molecular flexibility index (Phi) is 6.92. The van der Waals surface area contributed by atoms with E-state index in [4.69, 9.17) is 19.2 Å². The number of carboxylic acids is 1. The summed E-state index contributed by atoms with van der Waals surface area (Å²) in [6, 6.07) is 14.4. The summed E-state index contributed by atoms with van der Waals surface area (Å²) in [5, 5.41) is 9.03. The van der Waals surface area contributed by atoms with Crippen LogP contribution in [0.15, 0.2) is 53.0 Å². The van der Waals surface area contributed by atoms with Gasteiger partial charge in [-0.25, -0.2) is 4.98 Å². The van der Waals surface area contributed by atoms with Crippen molar-refractivity contribution in [3.63, 3.8) is 0 Å². The highest BCUT2D eigenvalue weighted by molar-refractivity contribution is 5.77. The number of allylic oxidation sites excluding steroid dienone is 1. The van der Waals surface area contributed by atoms with E-state index < -0.39 is 5.97 Å². The first-order chi connectivity index (χ1) is 16.2. The monoisotopic (exact) mass is 459 g/mol. The predicted molar refractivity (Wildman–Crippen MR) is 134 cm³/mol. The van der Waals surface area contributed by atoms with Crippen LogP contribution < -0.4 is 4.74 Å². The van der Waals surface area contributed by atoms with Gasteiger partial charge in [0, 0.05) is 17.5 Å². The first-order valence-electron chi connectivity index (χ1n) is 12.0. The van der Waals surface area contributed by atoms with E-state index in [2.05, 4.69) is 51.1 Å². The number of aryl methyl sites for hydroxylation is 1. The molecule has 34 heavy (non-hydrogen) atoms. The summed E-state index contributed by atoms with van der Waals surface area (Å²) < 4.78 is 12.1. The van der Waals surface area contributed by atoms with Gasteiger partial charge in [-0.1, -0.05) is 51.1 Å². The molecule has 3 aromatic rings. The van der Waals surface area contributed by atoms with Gasteiger partial charge in [-0.15, -0.1) is 0 Å². The van der Waals surface area contributed by atoms with Gasteiger partial charge in [0.15, 0.2) is 0 Å². The van der Waals surface area contributed by atoms with Gasteiger partial charge in [0.1, 0.15) is 11.5 Å². The van der Waals surface area contributed by atoms with E-state index in [1.54, 1.807) is 0 Å². The number of benzene rings is 2. The van der Waals surface area contributed by atoms with E-state index in [1.807, 2.05) is 25.1 Å². The molecule has 0 fully saturated rings. The van der Waals surface area contributed by atoms with Crippen LogP contribution in [0.25, 0.3) is 17.0 Å². The van der Waals surface area contributed by atoms with Crippen LogP contribution in [-0.4, -0.2) is 22.7 Å². The van der Waals surface area contributed by atoms with Crippen LogP contribution in [0.1, 0.15) is 68.2 Å². The summed E-state index contributed by atoms with van der Waals surface area (Å²) in [6.07, 6.45) is 5.37. The molecule has 4 rings (SSSR count). The highest BCUT2D eigenvalue weighted by Crippen LogP contribution is 2.36. The molecular weight excluding hydrogens is 426 g/mol. The van der Waals surface area contributed by atoms with E-state index >= 15 is 0 Å². The molecule has 0 atom stereocenters. The topological polar surface area (TPSA) is 72.6 Å². The molecule has 0 radical (unpaired) electrons. The van der Waals surface area contributed by atoms with Crippen molar-refractivity contribution >= 4 is 11.5 Å².